The number of nitrogen functional groups attached to an aromatic ring is 1. The maximum Gasteiger partial charge on any atom is 0.342 e. The molecule has 0 bridgehead atoms. The van der Waals surface area contributed by atoms with Crippen molar-refractivity contribution in [1.82, 2.24) is 4.98 Å². The van der Waals surface area contributed by atoms with E-state index < -0.39 is 5.97 Å². The third kappa shape index (κ3) is 3.75. The summed E-state index contributed by atoms with van der Waals surface area (Å²) >= 11 is 0. The molecule has 5 heteroatoms. The summed E-state index contributed by atoms with van der Waals surface area (Å²) in [6.07, 6.45) is 0.641. The summed E-state index contributed by atoms with van der Waals surface area (Å²) in [5, 5.41) is 0. The molecular weight excluding hydrogens is 280 g/mol. The summed E-state index contributed by atoms with van der Waals surface area (Å²) in [6.45, 7) is 4.39. The van der Waals surface area contributed by atoms with Crippen LogP contribution in [-0.4, -0.2) is 17.6 Å². The van der Waals surface area contributed by atoms with Gasteiger partial charge in [-0.05, 0) is 24.5 Å². The molecule has 0 aliphatic heterocycles. The molecule has 0 aliphatic carbocycles. The van der Waals surface area contributed by atoms with E-state index in [9.17, 15) is 4.79 Å². The number of aromatic nitrogens is 1. The molecule has 22 heavy (non-hydrogen) atoms. The van der Waals surface area contributed by atoms with Crippen LogP contribution in [0.3, 0.4) is 0 Å². The van der Waals surface area contributed by atoms with E-state index >= 15 is 0 Å². The molecule has 5 nitrogen and oxygen atoms in total. The molecule has 0 saturated carbocycles. The summed E-state index contributed by atoms with van der Waals surface area (Å²) in [7, 11) is 0. The standard InChI is InChI=1S/C17H20N2O3/c1-3-13-10-14(22-11-12-8-6-5-7-9-12)19-16(18)15(13)17(20)21-4-2/h5-10H,3-4,11H2,1-2H3,(H2,18,19). The van der Waals surface area contributed by atoms with Crippen molar-refractivity contribution < 1.29 is 14.3 Å². The van der Waals surface area contributed by atoms with E-state index in [1.165, 1.54) is 0 Å². The van der Waals surface area contributed by atoms with E-state index in [1.54, 1.807) is 13.0 Å². The highest BCUT2D eigenvalue weighted by atomic mass is 16.5. The topological polar surface area (TPSA) is 74.4 Å². The molecule has 0 aliphatic rings. The highest BCUT2D eigenvalue weighted by molar-refractivity contribution is 5.96. The van der Waals surface area contributed by atoms with Crippen LogP contribution in [0.25, 0.3) is 0 Å². The molecule has 1 heterocycles. The number of pyridine rings is 1. The lowest BCUT2D eigenvalue weighted by atomic mass is 10.1. The Bertz CT molecular complexity index is 642. The molecule has 0 fully saturated rings. The van der Waals surface area contributed by atoms with Crippen molar-refractivity contribution in [3.8, 4) is 5.88 Å². The number of nitrogens with two attached hydrogens (primary N) is 1. The zero-order chi connectivity index (χ0) is 15.9. The fourth-order valence-corrected chi connectivity index (χ4v) is 2.12. The van der Waals surface area contributed by atoms with Crippen molar-refractivity contribution in [2.45, 2.75) is 26.9 Å². The second-order valence-corrected chi connectivity index (χ2v) is 4.73. The minimum Gasteiger partial charge on any atom is -0.473 e. The van der Waals surface area contributed by atoms with Crippen LogP contribution < -0.4 is 10.5 Å². The van der Waals surface area contributed by atoms with Crippen LogP contribution in [0.5, 0.6) is 5.88 Å². The van der Waals surface area contributed by atoms with E-state index in [4.69, 9.17) is 15.2 Å². The zero-order valence-electron chi connectivity index (χ0n) is 12.8. The Labute approximate surface area is 130 Å². The normalized spacial score (nSPS) is 10.3. The van der Waals surface area contributed by atoms with E-state index in [0.29, 0.717) is 31.1 Å². The van der Waals surface area contributed by atoms with Gasteiger partial charge in [-0.15, -0.1) is 0 Å². The van der Waals surface area contributed by atoms with Crippen LogP contribution in [0.15, 0.2) is 36.4 Å². The largest absolute Gasteiger partial charge is 0.473 e. The monoisotopic (exact) mass is 300 g/mol. The first kappa shape index (κ1) is 15.8. The van der Waals surface area contributed by atoms with Crippen LogP contribution in [0.2, 0.25) is 0 Å². The second kappa shape index (κ2) is 7.45. The summed E-state index contributed by atoms with van der Waals surface area (Å²) in [4.78, 5) is 16.1. The average molecular weight is 300 g/mol. The SMILES string of the molecule is CCOC(=O)c1c(CC)cc(OCc2ccccc2)nc1N. The van der Waals surface area contributed by atoms with E-state index in [1.807, 2.05) is 37.3 Å². The molecule has 0 atom stereocenters. The summed E-state index contributed by atoms with van der Waals surface area (Å²) in [5.74, 6) is 0.103. The molecule has 0 unspecified atom stereocenters. The van der Waals surface area contributed by atoms with Crippen molar-refractivity contribution in [3.63, 3.8) is 0 Å². The van der Waals surface area contributed by atoms with Gasteiger partial charge in [0.15, 0.2) is 0 Å². The molecule has 2 rings (SSSR count). The Balaban J connectivity index is 2.20. The van der Waals surface area contributed by atoms with Crippen molar-refractivity contribution >= 4 is 11.8 Å². The van der Waals surface area contributed by atoms with E-state index in [0.717, 1.165) is 11.1 Å². The first-order valence-electron chi connectivity index (χ1n) is 7.28. The van der Waals surface area contributed by atoms with Gasteiger partial charge >= 0.3 is 5.97 Å². The van der Waals surface area contributed by atoms with Gasteiger partial charge in [-0.3, -0.25) is 0 Å². The van der Waals surface area contributed by atoms with Crippen molar-refractivity contribution in [2.24, 2.45) is 0 Å². The number of rotatable bonds is 6. The lowest BCUT2D eigenvalue weighted by Crippen LogP contribution is -2.13. The Kier molecular flexibility index (Phi) is 5.36. The lowest BCUT2D eigenvalue weighted by Gasteiger charge is -2.12. The van der Waals surface area contributed by atoms with Crippen molar-refractivity contribution in [3.05, 3.63) is 53.1 Å². The lowest BCUT2D eigenvalue weighted by molar-refractivity contribution is 0.0526. The number of esters is 1. The molecular formula is C17H20N2O3. The fourth-order valence-electron chi connectivity index (χ4n) is 2.12. The number of nitrogens with zero attached hydrogens (tertiary/aromatic N) is 1. The van der Waals surface area contributed by atoms with Crippen LogP contribution in [0.4, 0.5) is 5.82 Å². The van der Waals surface area contributed by atoms with E-state index in [2.05, 4.69) is 4.98 Å². The van der Waals surface area contributed by atoms with Gasteiger partial charge in [0.05, 0.1) is 6.61 Å². The van der Waals surface area contributed by atoms with Gasteiger partial charge in [-0.1, -0.05) is 37.3 Å². The van der Waals surface area contributed by atoms with Crippen molar-refractivity contribution in [1.29, 1.82) is 0 Å². The van der Waals surface area contributed by atoms with Gasteiger partial charge in [-0.25, -0.2) is 4.79 Å². The zero-order valence-corrected chi connectivity index (χ0v) is 12.8. The van der Waals surface area contributed by atoms with Gasteiger partial charge in [0, 0.05) is 6.07 Å². The maximum atomic E-state index is 12.0. The second-order valence-electron chi connectivity index (χ2n) is 4.73. The number of benzene rings is 1. The van der Waals surface area contributed by atoms with E-state index in [-0.39, 0.29) is 5.82 Å². The minimum atomic E-state index is -0.445. The van der Waals surface area contributed by atoms with Gasteiger partial charge in [0.25, 0.3) is 0 Å². The first-order chi connectivity index (χ1) is 10.7. The van der Waals surface area contributed by atoms with Gasteiger partial charge < -0.3 is 15.2 Å². The fraction of sp³-hybridized carbons (Fsp3) is 0.294. The van der Waals surface area contributed by atoms with Gasteiger partial charge in [0.2, 0.25) is 5.88 Å². The molecule has 1 aromatic carbocycles. The third-order valence-corrected chi connectivity index (χ3v) is 3.20. The predicted molar refractivity (Wildman–Crippen MR) is 84.8 cm³/mol. The van der Waals surface area contributed by atoms with Crippen LogP contribution in [0.1, 0.15) is 35.3 Å². The smallest absolute Gasteiger partial charge is 0.342 e. The van der Waals surface area contributed by atoms with Crippen molar-refractivity contribution in [2.75, 3.05) is 12.3 Å². The molecule has 2 aromatic rings. The Morgan fingerprint density at radius 1 is 1.23 bits per heavy atom. The Morgan fingerprint density at radius 3 is 2.59 bits per heavy atom. The van der Waals surface area contributed by atoms with Crippen LogP contribution >= 0.6 is 0 Å². The average Bonchev–Trinajstić information content (AvgIpc) is 2.53. The number of ether oxygens (including phenoxy) is 2. The molecule has 2 N–H and O–H groups in total. The quantitative estimate of drug-likeness (QED) is 0.830. The predicted octanol–water partition coefficient (Wildman–Crippen LogP) is 2.98. The molecule has 0 saturated heterocycles. The minimum absolute atomic E-state index is 0.140. The number of carbonyl (C=O) groups is 1. The first-order valence-corrected chi connectivity index (χ1v) is 7.28. The number of hydrogen-bond acceptors (Lipinski definition) is 5. The maximum absolute atomic E-state index is 12.0. The number of aryl methyl sites for hydroxylation is 1. The Morgan fingerprint density at radius 2 is 1.95 bits per heavy atom. The Hall–Kier alpha value is -2.56. The molecule has 0 amide bonds. The number of anilines is 1. The van der Waals surface area contributed by atoms with Gasteiger partial charge in [-0.2, -0.15) is 4.98 Å². The summed E-state index contributed by atoms with van der Waals surface area (Å²) in [5.41, 5.74) is 8.05. The molecule has 1 aromatic heterocycles. The highest BCUT2D eigenvalue weighted by Crippen LogP contribution is 2.23. The molecule has 0 radical (unpaired) electrons. The summed E-state index contributed by atoms with van der Waals surface area (Å²) < 4.78 is 10.7. The van der Waals surface area contributed by atoms with Crippen LogP contribution in [-0.2, 0) is 17.8 Å². The van der Waals surface area contributed by atoms with Crippen LogP contribution in [0, 0.1) is 0 Å². The summed E-state index contributed by atoms with van der Waals surface area (Å²) in [6, 6.07) is 11.5. The molecule has 116 valence electrons. The number of hydrogen-bond donors (Lipinski definition) is 1. The molecule has 0 spiro atoms. The van der Waals surface area contributed by atoms with Gasteiger partial charge in [0.1, 0.15) is 18.0 Å². The third-order valence-electron chi connectivity index (χ3n) is 3.20. The number of carbonyl (C=O) groups excluding carboxylic acids is 1. The highest BCUT2D eigenvalue weighted by Gasteiger charge is 2.18.